The largest absolute Gasteiger partial charge is 0.508 e. The highest BCUT2D eigenvalue weighted by molar-refractivity contribution is 5.72. The van der Waals surface area contributed by atoms with E-state index in [1.807, 2.05) is 12.1 Å². The van der Waals surface area contributed by atoms with Gasteiger partial charge in [-0.1, -0.05) is 157 Å². The summed E-state index contributed by atoms with van der Waals surface area (Å²) in [7, 11) is 0. The maximum atomic E-state index is 13.1. The van der Waals surface area contributed by atoms with Gasteiger partial charge in [0.1, 0.15) is 5.75 Å². The van der Waals surface area contributed by atoms with Crippen LogP contribution in [0, 0.1) is 10.8 Å². The van der Waals surface area contributed by atoms with Gasteiger partial charge in [0, 0.05) is 5.41 Å². The molecular weight excluding hydrogens is 468 g/mol. The summed E-state index contributed by atoms with van der Waals surface area (Å²) in [6.45, 7) is 16.0. The molecule has 220 valence electrons. The van der Waals surface area contributed by atoms with Crippen molar-refractivity contribution in [3.63, 3.8) is 0 Å². The van der Waals surface area contributed by atoms with Gasteiger partial charge in [-0.15, -0.1) is 0 Å². The monoisotopic (exact) mass is 530 g/mol. The number of phenolic OH excluding ortho intramolecular Hbond substituents is 1. The minimum absolute atomic E-state index is 0.121. The molecule has 0 bridgehead atoms. The van der Waals surface area contributed by atoms with Crippen molar-refractivity contribution in [2.24, 2.45) is 10.8 Å². The van der Waals surface area contributed by atoms with Gasteiger partial charge in [0.25, 0.3) is 0 Å². The van der Waals surface area contributed by atoms with Crippen LogP contribution < -0.4 is 0 Å². The molecule has 0 amide bonds. The first kappa shape index (κ1) is 34.5. The molecule has 0 fully saturated rings. The molecular formula is C35H62O3. The molecule has 0 atom stereocenters. The minimum atomic E-state index is -0.417. The number of hydrogen-bond donors (Lipinski definition) is 1. The Morgan fingerprint density at radius 3 is 1.37 bits per heavy atom. The smallest absolute Gasteiger partial charge is 0.306 e. The quantitative estimate of drug-likeness (QED) is 0.135. The SMILES string of the molecule is CCCCCCCCCCCCCCCCCCOC(=O)CC(c1ccc(O)cc1)(C(C)(C)C)C(C)(C)C. The van der Waals surface area contributed by atoms with E-state index in [-0.39, 0.29) is 22.5 Å². The van der Waals surface area contributed by atoms with E-state index in [1.165, 1.54) is 89.9 Å². The molecule has 38 heavy (non-hydrogen) atoms. The first-order valence-corrected chi connectivity index (χ1v) is 15.9. The Kier molecular flexibility index (Phi) is 16.3. The number of unbranched alkanes of at least 4 members (excludes halogenated alkanes) is 15. The van der Waals surface area contributed by atoms with Gasteiger partial charge in [0.2, 0.25) is 0 Å². The molecule has 1 aromatic carbocycles. The van der Waals surface area contributed by atoms with Crippen LogP contribution in [0.15, 0.2) is 24.3 Å². The summed E-state index contributed by atoms with van der Waals surface area (Å²) >= 11 is 0. The summed E-state index contributed by atoms with van der Waals surface area (Å²) < 4.78 is 5.76. The van der Waals surface area contributed by atoms with Crippen LogP contribution >= 0.6 is 0 Å². The Balaban J connectivity index is 2.27. The summed E-state index contributed by atoms with van der Waals surface area (Å²) in [6.07, 6.45) is 21.7. The Morgan fingerprint density at radius 1 is 0.632 bits per heavy atom. The van der Waals surface area contributed by atoms with Crippen LogP contribution in [0.4, 0.5) is 0 Å². The van der Waals surface area contributed by atoms with Crippen LogP contribution in [0.2, 0.25) is 0 Å². The molecule has 0 aromatic heterocycles. The number of carbonyl (C=O) groups excluding carboxylic acids is 1. The predicted octanol–water partition coefficient (Wildman–Crippen LogP) is 10.9. The van der Waals surface area contributed by atoms with Crippen LogP contribution in [0.5, 0.6) is 5.75 Å². The molecule has 0 saturated heterocycles. The van der Waals surface area contributed by atoms with Gasteiger partial charge in [-0.25, -0.2) is 0 Å². The average Bonchev–Trinajstić information content (AvgIpc) is 2.83. The van der Waals surface area contributed by atoms with Gasteiger partial charge in [-0.3, -0.25) is 4.79 Å². The molecule has 0 aliphatic carbocycles. The van der Waals surface area contributed by atoms with Gasteiger partial charge < -0.3 is 9.84 Å². The molecule has 1 aromatic rings. The molecule has 1 N–H and O–H groups in total. The Labute approximate surface area is 236 Å². The van der Waals surface area contributed by atoms with Gasteiger partial charge in [0.05, 0.1) is 13.0 Å². The van der Waals surface area contributed by atoms with Crippen molar-refractivity contribution in [3.05, 3.63) is 29.8 Å². The molecule has 0 aliphatic rings. The molecule has 0 heterocycles. The predicted molar refractivity (Wildman–Crippen MR) is 164 cm³/mol. The van der Waals surface area contributed by atoms with Crippen molar-refractivity contribution >= 4 is 5.97 Å². The highest BCUT2D eigenvalue weighted by Crippen LogP contribution is 2.55. The number of phenols is 1. The van der Waals surface area contributed by atoms with Gasteiger partial charge >= 0.3 is 5.97 Å². The maximum absolute atomic E-state index is 13.1. The number of hydrogen-bond acceptors (Lipinski definition) is 3. The molecule has 3 nitrogen and oxygen atoms in total. The lowest BCUT2D eigenvalue weighted by Crippen LogP contribution is -2.51. The molecule has 0 aliphatic heterocycles. The van der Waals surface area contributed by atoms with Crippen molar-refractivity contribution in [1.29, 1.82) is 0 Å². The molecule has 0 unspecified atom stereocenters. The van der Waals surface area contributed by atoms with Crippen LogP contribution in [-0.4, -0.2) is 17.7 Å². The van der Waals surface area contributed by atoms with Gasteiger partial charge in [-0.05, 0) is 34.9 Å². The first-order chi connectivity index (χ1) is 18.0. The van der Waals surface area contributed by atoms with Crippen LogP contribution in [0.25, 0.3) is 0 Å². The Morgan fingerprint density at radius 2 is 1.00 bits per heavy atom. The second-order valence-electron chi connectivity index (χ2n) is 13.7. The summed E-state index contributed by atoms with van der Waals surface area (Å²) in [6, 6.07) is 7.39. The maximum Gasteiger partial charge on any atom is 0.306 e. The van der Waals surface area contributed by atoms with Crippen LogP contribution in [0.1, 0.15) is 163 Å². The Hall–Kier alpha value is -1.51. The molecule has 0 saturated carbocycles. The van der Waals surface area contributed by atoms with E-state index >= 15 is 0 Å². The molecule has 0 radical (unpaired) electrons. The zero-order valence-electron chi connectivity index (χ0n) is 26.3. The third kappa shape index (κ3) is 12.1. The van der Waals surface area contributed by atoms with Crippen molar-refractivity contribution < 1.29 is 14.6 Å². The van der Waals surface area contributed by atoms with E-state index in [2.05, 4.69) is 48.5 Å². The molecule has 3 heteroatoms. The third-order valence-electron chi connectivity index (χ3n) is 8.59. The third-order valence-corrected chi connectivity index (χ3v) is 8.59. The minimum Gasteiger partial charge on any atom is -0.508 e. The van der Waals surface area contributed by atoms with E-state index in [0.717, 1.165) is 18.4 Å². The first-order valence-electron chi connectivity index (χ1n) is 15.9. The fourth-order valence-corrected chi connectivity index (χ4v) is 6.47. The fraction of sp³-hybridized carbons (Fsp3) is 0.800. The lowest BCUT2D eigenvalue weighted by molar-refractivity contribution is -0.149. The van der Waals surface area contributed by atoms with E-state index < -0.39 is 5.41 Å². The Bertz CT molecular complexity index is 722. The summed E-state index contributed by atoms with van der Waals surface area (Å²) in [5, 5.41) is 9.83. The van der Waals surface area contributed by atoms with Gasteiger partial charge in [0.15, 0.2) is 0 Å². The normalized spacial score (nSPS) is 12.6. The van der Waals surface area contributed by atoms with Gasteiger partial charge in [-0.2, -0.15) is 0 Å². The summed E-state index contributed by atoms with van der Waals surface area (Å²) in [5.41, 5.74) is 0.319. The highest BCUT2D eigenvalue weighted by Gasteiger charge is 2.53. The molecule has 1 rings (SSSR count). The standard InChI is InChI=1S/C35H62O3/c1-8-9-10-11-12-13-14-15-16-17-18-19-20-21-22-23-28-38-32(37)29-35(33(2,3)4,34(5,6)7)30-24-26-31(36)27-25-30/h24-27,36H,8-23,28-29H2,1-7H3. The zero-order valence-corrected chi connectivity index (χ0v) is 26.3. The van der Waals surface area contributed by atoms with Crippen molar-refractivity contribution in [3.8, 4) is 5.75 Å². The topological polar surface area (TPSA) is 46.5 Å². The second-order valence-corrected chi connectivity index (χ2v) is 13.7. The number of rotatable bonds is 20. The zero-order chi connectivity index (χ0) is 28.5. The van der Waals surface area contributed by atoms with Crippen LogP contribution in [-0.2, 0) is 14.9 Å². The number of ether oxygens (including phenoxy) is 1. The van der Waals surface area contributed by atoms with Crippen molar-refractivity contribution in [1.82, 2.24) is 0 Å². The van der Waals surface area contributed by atoms with E-state index in [9.17, 15) is 9.90 Å². The van der Waals surface area contributed by atoms with E-state index in [1.54, 1.807) is 12.1 Å². The van der Waals surface area contributed by atoms with E-state index in [4.69, 9.17) is 4.74 Å². The fourth-order valence-electron chi connectivity index (χ4n) is 6.47. The lowest BCUT2D eigenvalue weighted by Gasteiger charge is -2.54. The molecule has 0 spiro atoms. The van der Waals surface area contributed by atoms with Crippen molar-refractivity contribution in [2.45, 2.75) is 163 Å². The lowest BCUT2D eigenvalue weighted by atomic mass is 9.50. The number of benzene rings is 1. The van der Waals surface area contributed by atoms with Crippen molar-refractivity contribution in [2.75, 3.05) is 6.61 Å². The van der Waals surface area contributed by atoms with E-state index in [0.29, 0.717) is 13.0 Å². The average molecular weight is 531 g/mol. The summed E-state index contributed by atoms with van der Waals surface area (Å²) in [4.78, 5) is 13.1. The second kappa shape index (κ2) is 18.0. The highest BCUT2D eigenvalue weighted by atomic mass is 16.5. The number of carbonyl (C=O) groups is 1. The number of aromatic hydroxyl groups is 1. The number of esters is 1. The summed E-state index contributed by atoms with van der Waals surface area (Å²) in [5.74, 6) is 0.125. The van der Waals surface area contributed by atoms with Crippen LogP contribution in [0.3, 0.4) is 0 Å².